The molecule has 2 atom stereocenters. The average molecular weight is 443 g/mol. The van der Waals surface area contributed by atoms with Gasteiger partial charge in [0.25, 0.3) is 11.6 Å². The molecule has 2 aromatic heterocycles. The number of hydrogen-bond donors (Lipinski definition) is 0. The van der Waals surface area contributed by atoms with E-state index in [0.717, 1.165) is 29.5 Å². The first-order chi connectivity index (χ1) is 15.9. The lowest BCUT2D eigenvalue weighted by molar-refractivity contribution is 0.474. The van der Waals surface area contributed by atoms with E-state index in [1.165, 1.54) is 16.7 Å². The Balaban J connectivity index is 1.43. The first-order valence-corrected chi connectivity index (χ1v) is 11.1. The predicted octanol–water partition coefficient (Wildman–Crippen LogP) is 3.86. The molecule has 2 aromatic carbocycles. The van der Waals surface area contributed by atoms with Crippen molar-refractivity contribution in [3.8, 4) is 6.07 Å². The Morgan fingerprint density at radius 2 is 1.91 bits per heavy atom. The standard InChI is InChI=1S/C25H22FN5O2/c1-14-3-8-22-20(9-14)28-25(33-22)31-16-5-6-17(31)13-30(12-16)23-18-10-15(26)4-7-21(18)29(2)24(32)19(23)11-27/h3-4,7-10,16-17H,5-6,12-13H2,1-2H3/t16-,17+. The van der Waals surface area contributed by atoms with Crippen molar-refractivity contribution in [2.45, 2.75) is 31.8 Å². The number of nitriles is 1. The molecular weight excluding hydrogens is 421 g/mol. The van der Waals surface area contributed by atoms with Crippen LogP contribution in [0.3, 0.4) is 0 Å². The maximum atomic E-state index is 14.2. The molecule has 0 amide bonds. The van der Waals surface area contributed by atoms with Crippen LogP contribution in [0.4, 0.5) is 16.1 Å². The number of oxazole rings is 1. The zero-order chi connectivity index (χ0) is 22.9. The van der Waals surface area contributed by atoms with Crippen LogP contribution in [0.25, 0.3) is 22.0 Å². The lowest BCUT2D eigenvalue weighted by atomic mass is 10.0. The first kappa shape index (κ1) is 19.8. The highest BCUT2D eigenvalue weighted by molar-refractivity contribution is 5.95. The number of benzene rings is 2. The summed E-state index contributed by atoms with van der Waals surface area (Å²) in [6.07, 6.45) is 1.91. The van der Waals surface area contributed by atoms with Crippen molar-refractivity contribution in [1.29, 1.82) is 5.26 Å². The van der Waals surface area contributed by atoms with Crippen LogP contribution in [-0.2, 0) is 7.05 Å². The van der Waals surface area contributed by atoms with Gasteiger partial charge in [-0.1, -0.05) is 6.07 Å². The summed E-state index contributed by atoms with van der Waals surface area (Å²) in [5.74, 6) is -0.394. The molecule has 8 heteroatoms. The fraction of sp³-hybridized carbons (Fsp3) is 0.320. The van der Waals surface area contributed by atoms with Gasteiger partial charge in [-0.25, -0.2) is 4.39 Å². The Labute approximate surface area is 189 Å². The second kappa shape index (κ2) is 7.07. The molecule has 2 aliphatic heterocycles. The molecule has 0 aliphatic carbocycles. The van der Waals surface area contributed by atoms with Crippen LogP contribution in [0, 0.1) is 24.1 Å². The van der Waals surface area contributed by atoms with Crippen LogP contribution in [-0.4, -0.2) is 34.7 Å². The Kier molecular flexibility index (Phi) is 4.24. The van der Waals surface area contributed by atoms with Crippen LogP contribution in [0.5, 0.6) is 0 Å². The third-order valence-corrected chi connectivity index (χ3v) is 6.99. The molecule has 0 saturated carbocycles. The van der Waals surface area contributed by atoms with Crippen LogP contribution < -0.4 is 15.4 Å². The van der Waals surface area contributed by atoms with Crippen molar-refractivity contribution in [2.75, 3.05) is 22.9 Å². The molecule has 2 saturated heterocycles. The molecule has 6 rings (SSSR count). The second-order valence-corrected chi connectivity index (χ2v) is 9.03. The molecule has 2 bridgehead atoms. The number of aryl methyl sites for hydroxylation is 2. The normalized spacial score (nSPS) is 20.1. The quantitative estimate of drug-likeness (QED) is 0.468. The summed E-state index contributed by atoms with van der Waals surface area (Å²) in [7, 11) is 1.61. The van der Waals surface area contributed by atoms with E-state index in [1.54, 1.807) is 13.1 Å². The Bertz CT molecular complexity index is 1520. The van der Waals surface area contributed by atoms with Crippen molar-refractivity contribution >= 4 is 33.7 Å². The number of aromatic nitrogens is 2. The first-order valence-electron chi connectivity index (χ1n) is 11.1. The molecule has 0 N–H and O–H groups in total. The van der Waals surface area contributed by atoms with Crippen molar-refractivity contribution in [2.24, 2.45) is 7.05 Å². The van der Waals surface area contributed by atoms with E-state index in [-0.39, 0.29) is 23.2 Å². The average Bonchev–Trinajstić information content (AvgIpc) is 3.32. The largest absolute Gasteiger partial charge is 0.423 e. The fourth-order valence-electron chi connectivity index (χ4n) is 5.47. The highest BCUT2D eigenvalue weighted by Gasteiger charge is 2.43. The second-order valence-electron chi connectivity index (χ2n) is 9.03. The molecule has 0 unspecified atom stereocenters. The van der Waals surface area contributed by atoms with E-state index in [0.29, 0.717) is 35.7 Å². The number of fused-ring (bicyclic) bond motifs is 4. The summed E-state index contributed by atoms with van der Waals surface area (Å²) in [5.41, 5.74) is 3.56. The molecule has 0 spiro atoms. The van der Waals surface area contributed by atoms with Crippen molar-refractivity contribution in [3.63, 3.8) is 0 Å². The summed E-state index contributed by atoms with van der Waals surface area (Å²) in [4.78, 5) is 22.0. The number of anilines is 2. The van der Waals surface area contributed by atoms with Gasteiger partial charge in [0.05, 0.1) is 23.3 Å². The van der Waals surface area contributed by atoms with Crippen molar-refractivity contribution in [3.05, 3.63) is 63.7 Å². The number of piperazine rings is 1. The van der Waals surface area contributed by atoms with Crippen LogP contribution in [0.15, 0.2) is 45.6 Å². The van der Waals surface area contributed by atoms with Crippen LogP contribution >= 0.6 is 0 Å². The van der Waals surface area contributed by atoms with Crippen molar-refractivity contribution < 1.29 is 8.81 Å². The summed E-state index contributed by atoms with van der Waals surface area (Å²) in [6.45, 7) is 3.23. The summed E-state index contributed by atoms with van der Waals surface area (Å²) in [6, 6.07) is 13.3. The molecule has 7 nitrogen and oxygen atoms in total. The van der Waals surface area contributed by atoms with E-state index >= 15 is 0 Å². The van der Waals surface area contributed by atoms with Crippen molar-refractivity contribution in [1.82, 2.24) is 9.55 Å². The number of halogens is 1. The maximum Gasteiger partial charge on any atom is 0.299 e. The van der Waals surface area contributed by atoms with Gasteiger partial charge in [0.15, 0.2) is 5.58 Å². The van der Waals surface area contributed by atoms with Crippen LogP contribution in [0.1, 0.15) is 24.0 Å². The van der Waals surface area contributed by atoms with Gasteiger partial charge >= 0.3 is 0 Å². The number of pyridine rings is 1. The van der Waals surface area contributed by atoms with Crippen LogP contribution in [0.2, 0.25) is 0 Å². The van der Waals surface area contributed by atoms with Gasteiger partial charge in [-0.2, -0.15) is 10.2 Å². The summed E-state index contributed by atoms with van der Waals surface area (Å²) < 4.78 is 21.7. The zero-order valence-corrected chi connectivity index (χ0v) is 18.4. The van der Waals surface area contributed by atoms with Gasteiger partial charge in [0, 0.05) is 25.5 Å². The molecule has 33 heavy (non-hydrogen) atoms. The lowest BCUT2D eigenvalue weighted by Crippen LogP contribution is -2.54. The Hall–Kier alpha value is -3.86. The molecule has 166 valence electrons. The molecule has 0 radical (unpaired) electrons. The smallest absolute Gasteiger partial charge is 0.299 e. The topological polar surface area (TPSA) is 78.3 Å². The summed E-state index contributed by atoms with van der Waals surface area (Å²) in [5, 5.41) is 10.4. The monoisotopic (exact) mass is 443 g/mol. The molecule has 2 fully saturated rings. The van der Waals surface area contributed by atoms with Gasteiger partial charge in [0.2, 0.25) is 0 Å². The zero-order valence-electron chi connectivity index (χ0n) is 18.4. The van der Waals surface area contributed by atoms with Gasteiger partial charge < -0.3 is 18.8 Å². The highest BCUT2D eigenvalue weighted by atomic mass is 19.1. The van der Waals surface area contributed by atoms with E-state index in [1.807, 2.05) is 25.1 Å². The Morgan fingerprint density at radius 3 is 2.64 bits per heavy atom. The number of nitrogens with zero attached hydrogens (tertiary/aromatic N) is 5. The predicted molar refractivity (Wildman–Crippen MR) is 124 cm³/mol. The van der Waals surface area contributed by atoms with E-state index in [2.05, 4.69) is 15.9 Å². The number of rotatable bonds is 2. The molecule has 2 aliphatic rings. The third-order valence-electron chi connectivity index (χ3n) is 6.99. The van der Waals surface area contributed by atoms with E-state index in [9.17, 15) is 14.4 Å². The van der Waals surface area contributed by atoms with Gasteiger partial charge in [-0.05, 0) is 55.7 Å². The third kappa shape index (κ3) is 2.92. The minimum absolute atomic E-state index is 0.0563. The molecule has 4 heterocycles. The Morgan fingerprint density at radius 1 is 1.15 bits per heavy atom. The lowest BCUT2D eigenvalue weighted by Gasteiger charge is -2.41. The van der Waals surface area contributed by atoms with Gasteiger partial charge in [-0.3, -0.25) is 4.79 Å². The molecule has 4 aromatic rings. The maximum absolute atomic E-state index is 14.2. The minimum Gasteiger partial charge on any atom is -0.423 e. The fourth-order valence-corrected chi connectivity index (χ4v) is 5.47. The van der Waals surface area contributed by atoms with E-state index < -0.39 is 5.82 Å². The SMILES string of the molecule is Cc1ccc2oc(N3[C@@H]4CC[C@H]3CN(c3c(C#N)c(=O)n(C)c5ccc(F)cc35)C4)nc2c1. The highest BCUT2D eigenvalue weighted by Crippen LogP contribution is 2.39. The van der Waals surface area contributed by atoms with E-state index in [4.69, 9.17) is 9.40 Å². The van der Waals surface area contributed by atoms with Gasteiger partial charge in [0.1, 0.15) is 23.0 Å². The number of hydrogen-bond acceptors (Lipinski definition) is 6. The summed E-state index contributed by atoms with van der Waals surface area (Å²) >= 11 is 0. The van der Waals surface area contributed by atoms with Gasteiger partial charge in [-0.15, -0.1) is 0 Å². The molecular formula is C25H22FN5O2. The minimum atomic E-state index is -0.394.